The van der Waals surface area contributed by atoms with Gasteiger partial charge in [0.25, 0.3) is 0 Å². The molecule has 0 saturated carbocycles. The van der Waals surface area contributed by atoms with E-state index in [0.29, 0.717) is 6.54 Å². The molecule has 0 saturated heterocycles. The topological polar surface area (TPSA) is 34.1 Å². The molecule has 2 rings (SSSR count). The molecule has 3 nitrogen and oxygen atoms in total. The highest BCUT2D eigenvalue weighted by molar-refractivity contribution is 5.31. The Bertz CT molecular complexity index is 602. The van der Waals surface area contributed by atoms with Crippen LogP contribution in [0.4, 0.5) is 8.78 Å². The molecule has 0 amide bonds. The molecule has 0 bridgehead atoms. The van der Waals surface area contributed by atoms with Crippen LogP contribution in [-0.4, -0.2) is 11.5 Å². The Balaban J connectivity index is 2.17. The summed E-state index contributed by atoms with van der Waals surface area (Å²) in [6.45, 7) is 5.45. The Morgan fingerprint density at radius 3 is 2.70 bits per heavy atom. The van der Waals surface area contributed by atoms with E-state index in [1.807, 2.05) is 19.9 Å². The maximum Gasteiger partial charge on any atom is 0.219 e. The molecule has 0 atom stereocenters. The molecule has 0 spiro atoms. The van der Waals surface area contributed by atoms with Gasteiger partial charge in [-0.2, -0.15) is 0 Å². The van der Waals surface area contributed by atoms with Crippen molar-refractivity contribution in [2.45, 2.75) is 20.4 Å². The number of aromatic nitrogens is 1. The lowest BCUT2D eigenvalue weighted by atomic mass is 10.2. The van der Waals surface area contributed by atoms with Crippen LogP contribution in [0.25, 0.3) is 0 Å². The number of halogens is 2. The number of aryl methyl sites for hydroxylation is 1. The summed E-state index contributed by atoms with van der Waals surface area (Å²) in [7, 11) is 0. The second kappa shape index (κ2) is 6.43. The molecular formula is C15H16F2N2O. The molecule has 0 radical (unpaired) electrons. The number of benzene rings is 1. The minimum atomic E-state index is -0.623. The van der Waals surface area contributed by atoms with Gasteiger partial charge >= 0.3 is 0 Å². The summed E-state index contributed by atoms with van der Waals surface area (Å²) in [6, 6.07) is 6.57. The summed E-state index contributed by atoms with van der Waals surface area (Å²) >= 11 is 0. The van der Waals surface area contributed by atoms with Crippen LogP contribution in [0.15, 0.2) is 30.3 Å². The number of hydrogen-bond acceptors (Lipinski definition) is 3. The fourth-order valence-corrected chi connectivity index (χ4v) is 1.74. The minimum absolute atomic E-state index is 0.170. The van der Waals surface area contributed by atoms with Gasteiger partial charge in [-0.25, -0.2) is 13.8 Å². The van der Waals surface area contributed by atoms with Gasteiger partial charge in [-0.1, -0.05) is 13.0 Å². The second-order valence-electron chi connectivity index (χ2n) is 4.35. The number of nitrogens with one attached hydrogen (secondary N) is 1. The Morgan fingerprint density at radius 1 is 1.20 bits per heavy atom. The van der Waals surface area contributed by atoms with E-state index in [1.54, 1.807) is 6.07 Å². The van der Waals surface area contributed by atoms with E-state index in [2.05, 4.69) is 10.3 Å². The highest BCUT2D eigenvalue weighted by Crippen LogP contribution is 2.24. The predicted molar refractivity (Wildman–Crippen MR) is 72.8 cm³/mol. The van der Waals surface area contributed by atoms with Crippen molar-refractivity contribution >= 4 is 0 Å². The van der Waals surface area contributed by atoms with Crippen molar-refractivity contribution in [3.63, 3.8) is 0 Å². The summed E-state index contributed by atoms with van der Waals surface area (Å²) in [5, 5.41) is 3.20. The number of rotatable bonds is 5. The van der Waals surface area contributed by atoms with E-state index in [0.717, 1.165) is 36.0 Å². The van der Waals surface area contributed by atoms with Crippen LogP contribution in [0.5, 0.6) is 11.6 Å². The van der Waals surface area contributed by atoms with Crippen LogP contribution in [0.3, 0.4) is 0 Å². The lowest BCUT2D eigenvalue weighted by molar-refractivity contribution is 0.421. The lowest BCUT2D eigenvalue weighted by Crippen LogP contribution is -2.13. The van der Waals surface area contributed by atoms with Crippen LogP contribution in [0, 0.1) is 18.6 Å². The average molecular weight is 278 g/mol. The fourth-order valence-electron chi connectivity index (χ4n) is 1.74. The number of hydrogen-bond donors (Lipinski definition) is 1. The third kappa shape index (κ3) is 3.51. The number of pyridine rings is 1. The van der Waals surface area contributed by atoms with Crippen LogP contribution >= 0.6 is 0 Å². The van der Waals surface area contributed by atoms with Crippen LogP contribution in [0.1, 0.15) is 18.2 Å². The summed E-state index contributed by atoms with van der Waals surface area (Å²) in [6.07, 6.45) is 0. The van der Waals surface area contributed by atoms with Crippen LogP contribution < -0.4 is 10.1 Å². The number of ether oxygens (including phenoxy) is 1. The second-order valence-corrected chi connectivity index (χ2v) is 4.35. The molecule has 106 valence electrons. The first-order chi connectivity index (χ1) is 9.60. The van der Waals surface area contributed by atoms with E-state index in [1.165, 1.54) is 0 Å². The van der Waals surface area contributed by atoms with E-state index in [4.69, 9.17) is 4.74 Å². The zero-order chi connectivity index (χ0) is 14.5. The Morgan fingerprint density at radius 2 is 2.00 bits per heavy atom. The van der Waals surface area contributed by atoms with E-state index >= 15 is 0 Å². The molecule has 5 heteroatoms. The van der Waals surface area contributed by atoms with E-state index in [-0.39, 0.29) is 11.6 Å². The highest BCUT2D eigenvalue weighted by Gasteiger charge is 2.08. The smallest absolute Gasteiger partial charge is 0.219 e. The van der Waals surface area contributed by atoms with Gasteiger partial charge in [0, 0.05) is 24.4 Å². The van der Waals surface area contributed by atoms with Crippen molar-refractivity contribution < 1.29 is 13.5 Å². The molecule has 20 heavy (non-hydrogen) atoms. The fraction of sp³-hybridized carbons (Fsp3) is 0.267. The first kappa shape index (κ1) is 14.4. The molecule has 2 aromatic rings. The highest BCUT2D eigenvalue weighted by atomic mass is 19.1. The SMILES string of the molecule is CCNCc1ccc(Oc2cc(F)ccc2F)nc1C. The maximum atomic E-state index is 13.5. The molecule has 1 aromatic carbocycles. The van der Waals surface area contributed by atoms with Gasteiger partial charge < -0.3 is 10.1 Å². The largest absolute Gasteiger partial charge is 0.436 e. The third-order valence-electron chi connectivity index (χ3n) is 2.84. The van der Waals surface area contributed by atoms with Crippen molar-refractivity contribution in [3.05, 3.63) is 53.2 Å². The zero-order valence-corrected chi connectivity index (χ0v) is 11.4. The average Bonchev–Trinajstić information content (AvgIpc) is 2.42. The zero-order valence-electron chi connectivity index (χ0n) is 11.4. The first-order valence-corrected chi connectivity index (χ1v) is 6.40. The van der Waals surface area contributed by atoms with Gasteiger partial charge in [0.15, 0.2) is 11.6 Å². The monoisotopic (exact) mass is 278 g/mol. The van der Waals surface area contributed by atoms with Crippen molar-refractivity contribution in [2.24, 2.45) is 0 Å². The van der Waals surface area contributed by atoms with Gasteiger partial charge in [0.2, 0.25) is 5.88 Å². The molecule has 1 aromatic heterocycles. The van der Waals surface area contributed by atoms with E-state index in [9.17, 15) is 8.78 Å². The summed E-state index contributed by atoms with van der Waals surface area (Å²) in [5.41, 5.74) is 1.83. The van der Waals surface area contributed by atoms with Gasteiger partial charge in [0.1, 0.15) is 5.82 Å². The van der Waals surface area contributed by atoms with Crippen molar-refractivity contribution in [2.75, 3.05) is 6.54 Å². The maximum absolute atomic E-state index is 13.5. The standard InChI is InChI=1S/C15H16F2N2O/c1-3-18-9-11-4-7-15(19-10(11)2)20-14-8-12(16)5-6-13(14)17/h4-8,18H,3,9H2,1-2H3. The van der Waals surface area contributed by atoms with Crippen molar-refractivity contribution in [3.8, 4) is 11.6 Å². The van der Waals surface area contributed by atoms with Crippen molar-refractivity contribution in [1.29, 1.82) is 0 Å². The molecule has 0 aliphatic rings. The van der Waals surface area contributed by atoms with Crippen LogP contribution in [0.2, 0.25) is 0 Å². The molecule has 0 unspecified atom stereocenters. The normalized spacial score (nSPS) is 10.6. The summed E-state index contributed by atoms with van der Waals surface area (Å²) in [5.74, 6) is -1.10. The van der Waals surface area contributed by atoms with E-state index < -0.39 is 11.6 Å². The predicted octanol–water partition coefficient (Wildman–Crippen LogP) is 3.57. The van der Waals surface area contributed by atoms with Gasteiger partial charge in [-0.15, -0.1) is 0 Å². The van der Waals surface area contributed by atoms with Gasteiger partial charge in [-0.05, 0) is 31.2 Å². The minimum Gasteiger partial charge on any atom is -0.436 e. The Labute approximate surface area is 116 Å². The molecule has 0 aliphatic carbocycles. The van der Waals surface area contributed by atoms with Gasteiger partial charge in [0.05, 0.1) is 0 Å². The Hall–Kier alpha value is -2.01. The molecular weight excluding hydrogens is 262 g/mol. The van der Waals surface area contributed by atoms with Crippen molar-refractivity contribution in [1.82, 2.24) is 10.3 Å². The quantitative estimate of drug-likeness (QED) is 0.908. The molecule has 0 aliphatic heterocycles. The Kier molecular flexibility index (Phi) is 4.63. The number of nitrogens with zero attached hydrogens (tertiary/aromatic N) is 1. The molecule has 0 fully saturated rings. The third-order valence-corrected chi connectivity index (χ3v) is 2.84. The molecule has 1 heterocycles. The lowest BCUT2D eigenvalue weighted by Gasteiger charge is -2.09. The first-order valence-electron chi connectivity index (χ1n) is 6.40. The summed E-state index contributed by atoms with van der Waals surface area (Å²) in [4.78, 5) is 4.24. The molecule has 1 N–H and O–H groups in total. The van der Waals surface area contributed by atoms with Crippen LogP contribution in [-0.2, 0) is 6.54 Å². The summed E-state index contributed by atoms with van der Waals surface area (Å²) < 4.78 is 31.8. The van der Waals surface area contributed by atoms with Gasteiger partial charge in [-0.3, -0.25) is 0 Å².